The number of carbonyl (C=O) groups is 1. The Morgan fingerprint density at radius 3 is 3.12 bits per heavy atom. The summed E-state index contributed by atoms with van der Waals surface area (Å²) in [7, 11) is 0. The number of hydrogen-bond donors (Lipinski definition) is 2. The van der Waals surface area contributed by atoms with Crippen LogP contribution < -0.4 is 10.6 Å². The minimum Gasteiger partial charge on any atom is -0.352 e. The second-order valence-corrected chi connectivity index (χ2v) is 4.55. The van der Waals surface area contributed by atoms with E-state index < -0.39 is 5.82 Å². The van der Waals surface area contributed by atoms with E-state index in [-0.39, 0.29) is 16.5 Å². The molecule has 2 rings (SSSR count). The van der Waals surface area contributed by atoms with E-state index in [9.17, 15) is 9.18 Å². The summed E-state index contributed by atoms with van der Waals surface area (Å²) in [6, 6.07) is 4.24. The third-order valence-corrected chi connectivity index (χ3v) is 3.29. The van der Waals surface area contributed by atoms with Crippen LogP contribution in [-0.4, -0.2) is 25.5 Å². The Labute approximate surface area is 104 Å². The normalized spacial score (nSPS) is 19.3. The standard InChI is InChI=1S/C12H14ClFN2O/c13-11-9(2-1-3-10(11)14)12(17)16-7-8-4-5-15-6-8/h1-3,8,15H,4-7H2,(H,16,17). The Kier molecular flexibility index (Phi) is 3.97. The molecular weight excluding hydrogens is 243 g/mol. The van der Waals surface area contributed by atoms with Crippen molar-refractivity contribution in [2.45, 2.75) is 6.42 Å². The van der Waals surface area contributed by atoms with Gasteiger partial charge in [0.25, 0.3) is 5.91 Å². The Morgan fingerprint density at radius 2 is 2.41 bits per heavy atom. The van der Waals surface area contributed by atoms with Crippen LogP contribution in [0.2, 0.25) is 5.02 Å². The summed E-state index contributed by atoms with van der Waals surface area (Å²) < 4.78 is 13.2. The molecule has 5 heteroatoms. The molecule has 0 aromatic heterocycles. The Balaban J connectivity index is 1.97. The van der Waals surface area contributed by atoms with Crippen molar-refractivity contribution in [2.24, 2.45) is 5.92 Å². The van der Waals surface area contributed by atoms with Crippen LogP contribution in [0.25, 0.3) is 0 Å². The molecule has 2 N–H and O–H groups in total. The number of carbonyl (C=O) groups excluding carboxylic acids is 1. The molecule has 0 saturated carbocycles. The van der Waals surface area contributed by atoms with Crippen molar-refractivity contribution >= 4 is 17.5 Å². The highest BCUT2D eigenvalue weighted by atomic mass is 35.5. The number of hydrogen-bond acceptors (Lipinski definition) is 2. The molecule has 1 aliphatic rings. The topological polar surface area (TPSA) is 41.1 Å². The maximum absolute atomic E-state index is 13.2. The highest BCUT2D eigenvalue weighted by molar-refractivity contribution is 6.34. The van der Waals surface area contributed by atoms with E-state index in [0.717, 1.165) is 19.5 Å². The second-order valence-electron chi connectivity index (χ2n) is 4.17. The average molecular weight is 257 g/mol. The third kappa shape index (κ3) is 2.96. The smallest absolute Gasteiger partial charge is 0.252 e. The van der Waals surface area contributed by atoms with Crippen molar-refractivity contribution in [3.05, 3.63) is 34.6 Å². The first-order chi connectivity index (χ1) is 8.18. The van der Waals surface area contributed by atoms with Crippen LogP contribution in [0.4, 0.5) is 4.39 Å². The third-order valence-electron chi connectivity index (χ3n) is 2.91. The zero-order valence-electron chi connectivity index (χ0n) is 9.30. The van der Waals surface area contributed by atoms with Gasteiger partial charge in [0.2, 0.25) is 0 Å². The molecule has 0 spiro atoms. The largest absolute Gasteiger partial charge is 0.352 e. The molecule has 0 aliphatic carbocycles. The quantitative estimate of drug-likeness (QED) is 0.866. The molecule has 1 heterocycles. The van der Waals surface area contributed by atoms with E-state index in [4.69, 9.17) is 11.6 Å². The van der Waals surface area contributed by atoms with Gasteiger partial charge in [-0.2, -0.15) is 0 Å². The van der Waals surface area contributed by atoms with Gasteiger partial charge in [0.1, 0.15) is 5.82 Å². The molecule has 0 bridgehead atoms. The molecule has 1 atom stereocenters. The van der Waals surface area contributed by atoms with Gasteiger partial charge in [0.05, 0.1) is 10.6 Å². The second kappa shape index (κ2) is 5.47. The molecule has 1 aromatic rings. The Morgan fingerprint density at radius 1 is 1.59 bits per heavy atom. The van der Waals surface area contributed by atoms with Gasteiger partial charge in [-0.3, -0.25) is 4.79 Å². The van der Waals surface area contributed by atoms with Gasteiger partial charge in [-0.15, -0.1) is 0 Å². The maximum Gasteiger partial charge on any atom is 0.252 e. The lowest BCUT2D eigenvalue weighted by Gasteiger charge is -2.11. The molecule has 1 aliphatic heterocycles. The summed E-state index contributed by atoms with van der Waals surface area (Å²) in [6.07, 6.45) is 1.05. The predicted molar refractivity (Wildman–Crippen MR) is 64.7 cm³/mol. The lowest BCUT2D eigenvalue weighted by atomic mass is 10.1. The molecular formula is C12H14ClFN2O. The van der Waals surface area contributed by atoms with Crippen LogP contribution in [0.5, 0.6) is 0 Å². The van der Waals surface area contributed by atoms with Crippen LogP contribution in [0, 0.1) is 11.7 Å². The first kappa shape index (κ1) is 12.3. The summed E-state index contributed by atoms with van der Waals surface area (Å²) in [5, 5.41) is 5.88. The van der Waals surface area contributed by atoms with Crippen molar-refractivity contribution in [3.63, 3.8) is 0 Å². The average Bonchev–Trinajstić information content (AvgIpc) is 2.82. The fraction of sp³-hybridized carbons (Fsp3) is 0.417. The fourth-order valence-corrected chi connectivity index (χ4v) is 2.11. The lowest BCUT2D eigenvalue weighted by Crippen LogP contribution is -2.30. The van der Waals surface area contributed by atoms with E-state index in [2.05, 4.69) is 10.6 Å². The number of benzene rings is 1. The lowest BCUT2D eigenvalue weighted by molar-refractivity contribution is 0.0948. The van der Waals surface area contributed by atoms with Crippen molar-refractivity contribution in [1.29, 1.82) is 0 Å². The number of rotatable bonds is 3. The first-order valence-corrected chi connectivity index (χ1v) is 5.99. The van der Waals surface area contributed by atoms with Crippen molar-refractivity contribution < 1.29 is 9.18 Å². The molecule has 1 saturated heterocycles. The maximum atomic E-state index is 13.2. The van der Waals surface area contributed by atoms with Gasteiger partial charge in [-0.05, 0) is 37.6 Å². The molecule has 1 fully saturated rings. The van der Waals surface area contributed by atoms with E-state index >= 15 is 0 Å². The first-order valence-electron chi connectivity index (χ1n) is 5.61. The summed E-state index contributed by atoms with van der Waals surface area (Å²) >= 11 is 5.74. The minimum absolute atomic E-state index is 0.116. The summed E-state index contributed by atoms with van der Waals surface area (Å²) in [5.41, 5.74) is 0.192. The zero-order chi connectivity index (χ0) is 12.3. The van der Waals surface area contributed by atoms with E-state index in [0.29, 0.717) is 12.5 Å². The van der Waals surface area contributed by atoms with Gasteiger partial charge in [0, 0.05) is 6.54 Å². The van der Waals surface area contributed by atoms with Crippen molar-refractivity contribution in [3.8, 4) is 0 Å². The number of nitrogens with one attached hydrogen (secondary N) is 2. The van der Waals surface area contributed by atoms with Crippen molar-refractivity contribution in [1.82, 2.24) is 10.6 Å². The van der Waals surface area contributed by atoms with Gasteiger partial charge in [-0.1, -0.05) is 17.7 Å². The van der Waals surface area contributed by atoms with Crippen LogP contribution in [-0.2, 0) is 0 Å². The molecule has 1 aromatic carbocycles. The summed E-state index contributed by atoms with van der Waals surface area (Å²) in [4.78, 5) is 11.8. The van der Waals surface area contributed by atoms with Crippen LogP contribution >= 0.6 is 11.6 Å². The Bertz CT molecular complexity index is 419. The highest BCUT2D eigenvalue weighted by Crippen LogP contribution is 2.19. The van der Waals surface area contributed by atoms with Gasteiger partial charge >= 0.3 is 0 Å². The van der Waals surface area contributed by atoms with Gasteiger partial charge in [-0.25, -0.2) is 4.39 Å². The Hall–Kier alpha value is -1.13. The van der Waals surface area contributed by atoms with E-state index in [1.165, 1.54) is 18.2 Å². The summed E-state index contributed by atoms with van der Waals surface area (Å²) in [5.74, 6) is -0.436. The van der Waals surface area contributed by atoms with Gasteiger partial charge in [0.15, 0.2) is 0 Å². The number of amides is 1. The fourth-order valence-electron chi connectivity index (χ4n) is 1.90. The van der Waals surface area contributed by atoms with Crippen molar-refractivity contribution in [2.75, 3.05) is 19.6 Å². The predicted octanol–water partition coefficient (Wildman–Crippen LogP) is 1.82. The molecule has 0 radical (unpaired) electrons. The molecule has 3 nitrogen and oxygen atoms in total. The van der Waals surface area contributed by atoms with Gasteiger partial charge < -0.3 is 10.6 Å². The SMILES string of the molecule is O=C(NCC1CCNC1)c1cccc(F)c1Cl. The van der Waals surface area contributed by atoms with Crippen LogP contribution in [0.1, 0.15) is 16.8 Å². The minimum atomic E-state index is -0.568. The molecule has 1 unspecified atom stereocenters. The number of halogens is 2. The molecule has 17 heavy (non-hydrogen) atoms. The zero-order valence-corrected chi connectivity index (χ0v) is 10.1. The molecule has 92 valence electrons. The van der Waals surface area contributed by atoms with E-state index in [1.54, 1.807) is 0 Å². The molecule has 1 amide bonds. The summed E-state index contributed by atoms with van der Waals surface area (Å²) in [6.45, 7) is 2.50. The highest BCUT2D eigenvalue weighted by Gasteiger charge is 2.17. The van der Waals surface area contributed by atoms with Crippen LogP contribution in [0.15, 0.2) is 18.2 Å². The monoisotopic (exact) mass is 256 g/mol. The van der Waals surface area contributed by atoms with Crippen LogP contribution in [0.3, 0.4) is 0 Å². The van der Waals surface area contributed by atoms with E-state index in [1.807, 2.05) is 0 Å².